The highest BCUT2D eigenvalue weighted by Crippen LogP contribution is 2.23. The number of halogens is 2. The van der Waals surface area contributed by atoms with Gasteiger partial charge in [-0.15, -0.1) is 5.10 Å². The third-order valence-corrected chi connectivity index (χ3v) is 3.62. The molecule has 0 saturated carbocycles. The highest BCUT2D eigenvalue weighted by atomic mass is 35.5. The van der Waals surface area contributed by atoms with Crippen LogP contribution in [0.1, 0.15) is 12.8 Å². The number of ether oxygens (including phenoxy) is 1. The van der Waals surface area contributed by atoms with E-state index in [0.717, 1.165) is 32.6 Å². The molecule has 18 heavy (non-hydrogen) atoms. The SMILES string of the molecule is Fc1cc2c(cc1Cl)nnn2CC1CCOCC1. The minimum atomic E-state index is -0.431. The molecular formula is C12H13ClFN3O. The average Bonchev–Trinajstić information content (AvgIpc) is 2.74. The standard InChI is InChI=1S/C12H13ClFN3O/c13-9-5-11-12(6-10(9)14)17(16-15-11)7-8-1-3-18-4-2-8/h5-6,8H,1-4,7H2. The number of hydrogen-bond donors (Lipinski definition) is 0. The van der Waals surface area contributed by atoms with E-state index in [1.807, 2.05) is 0 Å². The fourth-order valence-electron chi connectivity index (χ4n) is 2.27. The normalized spacial score (nSPS) is 17.4. The van der Waals surface area contributed by atoms with Crippen molar-refractivity contribution in [2.24, 2.45) is 5.92 Å². The lowest BCUT2D eigenvalue weighted by Gasteiger charge is -2.21. The van der Waals surface area contributed by atoms with Crippen molar-refractivity contribution in [3.8, 4) is 0 Å². The quantitative estimate of drug-likeness (QED) is 0.841. The largest absolute Gasteiger partial charge is 0.381 e. The van der Waals surface area contributed by atoms with Crippen LogP contribution >= 0.6 is 11.6 Å². The topological polar surface area (TPSA) is 39.9 Å². The van der Waals surface area contributed by atoms with Crippen LogP contribution in [0.25, 0.3) is 11.0 Å². The Balaban J connectivity index is 1.89. The van der Waals surface area contributed by atoms with Gasteiger partial charge in [-0.05, 0) is 24.8 Å². The van der Waals surface area contributed by atoms with E-state index in [-0.39, 0.29) is 5.02 Å². The van der Waals surface area contributed by atoms with Crippen molar-refractivity contribution >= 4 is 22.6 Å². The highest BCUT2D eigenvalue weighted by Gasteiger charge is 2.17. The minimum absolute atomic E-state index is 0.0839. The first kappa shape index (κ1) is 11.9. The van der Waals surface area contributed by atoms with E-state index in [4.69, 9.17) is 16.3 Å². The lowest BCUT2D eigenvalue weighted by molar-refractivity contribution is 0.0604. The van der Waals surface area contributed by atoms with Gasteiger partial charge in [-0.3, -0.25) is 0 Å². The molecule has 0 spiro atoms. The molecule has 1 fully saturated rings. The number of rotatable bonds is 2. The van der Waals surface area contributed by atoms with E-state index >= 15 is 0 Å². The van der Waals surface area contributed by atoms with Crippen LogP contribution in [0.2, 0.25) is 5.02 Å². The second-order valence-corrected chi connectivity index (χ2v) is 4.99. The van der Waals surface area contributed by atoms with Crippen molar-refractivity contribution in [2.75, 3.05) is 13.2 Å². The van der Waals surface area contributed by atoms with Gasteiger partial charge in [0.15, 0.2) is 0 Å². The van der Waals surface area contributed by atoms with Crippen molar-refractivity contribution < 1.29 is 9.13 Å². The molecule has 0 bridgehead atoms. The Kier molecular flexibility index (Phi) is 3.18. The molecular weight excluding hydrogens is 257 g/mol. The molecule has 2 heterocycles. The molecule has 6 heteroatoms. The summed E-state index contributed by atoms with van der Waals surface area (Å²) in [6, 6.07) is 2.91. The first-order chi connectivity index (χ1) is 8.74. The summed E-state index contributed by atoms with van der Waals surface area (Å²) in [5.74, 6) is 0.0853. The maximum atomic E-state index is 13.5. The summed E-state index contributed by atoms with van der Waals surface area (Å²) in [6.07, 6.45) is 2.02. The molecule has 3 rings (SSSR count). The molecule has 0 aliphatic carbocycles. The van der Waals surface area contributed by atoms with Crippen LogP contribution in [0.5, 0.6) is 0 Å². The summed E-state index contributed by atoms with van der Waals surface area (Å²) in [4.78, 5) is 0. The minimum Gasteiger partial charge on any atom is -0.381 e. The van der Waals surface area contributed by atoms with Crippen molar-refractivity contribution in [3.05, 3.63) is 23.0 Å². The molecule has 0 amide bonds. The molecule has 96 valence electrons. The van der Waals surface area contributed by atoms with Gasteiger partial charge in [-0.1, -0.05) is 16.8 Å². The van der Waals surface area contributed by atoms with Gasteiger partial charge in [0, 0.05) is 25.8 Å². The van der Waals surface area contributed by atoms with Gasteiger partial charge in [0.25, 0.3) is 0 Å². The first-order valence-corrected chi connectivity index (χ1v) is 6.38. The Hall–Kier alpha value is -1.20. The second kappa shape index (κ2) is 4.82. The van der Waals surface area contributed by atoms with Crippen LogP contribution in [0.15, 0.2) is 12.1 Å². The monoisotopic (exact) mass is 269 g/mol. The van der Waals surface area contributed by atoms with Crippen molar-refractivity contribution in [1.29, 1.82) is 0 Å². The Morgan fingerprint density at radius 2 is 2.17 bits per heavy atom. The smallest absolute Gasteiger partial charge is 0.144 e. The second-order valence-electron chi connectivity index (χ2n) is 4.58. The van der Waals surface area contributed by atoms with E-state index in [0.29, 0.717) is 17.0 Å². The van der Waals surface area contributed by atoms with Gasteiger partial charge in [0.2, 0.25) is 0 Å². The molecule has 0 atom stereocenters. The van der Waals surface area contributed by atoms with E-state index < -0.39 is 5.82 Å². The average molecular weight is 270 g/mol. The Bertz CT molecular complexity index is 566. The fraction of sp³-hybridized carbons (Fsp3) is 0.500. The van der Waals surface area contributed by atoms with Crippen LogP contribution in [-0.4, -0.2) is 28.2 Å². The molecule has 1 aromatic heterocycles. The van der Waals surface area contributed by atoms with Crippen LogP contribution in [0.3, 0.4) is 0 Å². The maximum absolute atomic E-state index is 13.5. The molecule has 0 unspecified atom stereocenters. The fourth-order valence-corrected chi connectivity index (χ4v) is 2.43. The Morgan fingerprint density at radius 1 is 1.39 bits per heavy atom. The van der Waals surface area contributed by atoms with Crippen molar-refractivity contribution in [2.45, 2.75) is 19.4 Å². The van der Waals surface area contributed by atoms with Gasteiger partial charge in [-0.2, -0.15) is 0 Å². The Morgan fingerprint density at radius 3 is 2.94 bits per heavy atom. The van der Waals surface area contributed by atoms with E-state index in [1.165, 1.54) is 12.1 Å². The van der Waals surface area contributed by atoms with E-state index in [9.17, 15) is 4.39 Å². The zero-order valence-corrected chi connectivity index (χ0v) is 10.5. The van der Waals surface area contributed by atoms with Crippen LogP contribution in [0.4, 0.5) is 4.39 Å². The zero-order chi connectivity index (χ0) is 12.5. The zero-order valence-electron chi connectivity index (χ0n) is 9.77. The number of benzene rings is 1. The van der Waals surface area contributed by atoms with Gasteiger partial charge >= 0.3 is 0 Å². The number of fused-ring (bicyclic) bond motifs is 1. The van der Waals surface area contributed by atoms with Crippen LogP contribution in [0, 0.1) is 11.7 Å². The van der Waals surface area contributed by atoms with E-state index in [1.54, 1.807) is 4.68 Å². The summed E-state index contributed by atoms with van der Waals surface area (Å²) in [7, 11) is 0. The number of nitrogens with zero attached hydrogens (tertiary/aromatic N) is 3. The molecule has 0 radical (unpaired) electrons. The first-order valence-electron chi connectivity index (χ1n) is 6.00. The summed E-state index contributed by atoms with van der Waals surface area (Å²) >= 11 is 5.72. The summed E-state index contributed by atoms with van der Waals surface area (Å²) in [5, 5.41) is 8.17. The molecule has 4 nitrogen and oxygen atoms in total. The van der Waals surface area contributed by atoms with Crippen LogP contribution in [-0.2, 0) is 11.3 Å². The van der Waals surface area contributed by atoms with Crippen LogP contribution < -0.4 is 0 Å². The lowest BCUT2D eigenvalue weighted by atomic mass is 10.0. The third kappa shape index (κ3) is 2.20. The van der Waals surface area contributed by atoms with Gasteiger partial charge in [0.05, 0.1) is 10.5 Å². The van der Waals surface area contributed by atoms with E-state index in [2.05, 4.69) is 10.3 Å². The summed E-state index contributed by atoms with van der Waals surface area (Å²) in [5.41, 5.74) is 1.33. The highest BCUT2D eigenvalue weighted by molar-refractivity contribution is 6.31. The molecule has 2 aromatic rings. The lowest BCUT2D eigenvalue weighted by Crippen LogP contribution is -2.20. The van der Waals surface area contributed by atoms with Gasteiger partial charge < -0.3 is 4.74 Å². The number of hydrogen-bond acceptors (Lipinski definition) is 3. The number of aromatic nitrogens is 3. The predicted octanol–water partition coefficient (Wildman–Crippen LogP) is 2.65. The van der Waals surface area contributed by atoms with Crippen molar-refractivity contribution in [1.82, 2.24) is 15.0 Å². The van der Waals surface area contributed by atoms with Crippen molar-refractivity contribution in [3.63, 3.8) is 0 Å². The molecule has 0 N–H and O–H groups in total. The maximum Gasteiger partial charge on any atom is 0.144 e. The molecule has 1 aliphatic rings. The predicted molar refractivity (Wildman–Crippen MR) is 66.0 cm³/mol. The third-order valence-electron chi connectivity index (χ3n) is 3.33. The molecule has 1 aromatic carbocycles. The van der Waals surface area contributed by atoms with Gasteiger partial charge in [-0.25, -0.2) is 9.07 Å². The Labute approximate surface area is 109 Å². The molecule has 1 saturated heterocycles. The molecule has 1 aliphatic heterocycles. The van der Waals surface area contributed by atoms with Gasteiger partial charge in [0.1, 0.15) is 11.3 Å². The summed E-state index contributed by atoms with van der Waals surface area (Å²) < 4.78 is 20.5. The summed E-state index contributed by atoms with van der Waals surface area (Å²) in [6.45, 7) is 2.33.